The minimum Gasteiger partial charge on any atom is -0.490 e. The van der Waals surface area contributed by atoms with E-state index >= 15 is 0 Å². The molecule has 3 aromatic rings. The van der Waals surface area contributed by atoms with Crippen LogP contribution in [0.2, 0.25) is 0 Å². The van der Waals surface area contributed by atoms with Gasteiger partial charge in [0.05, 0.1) is 35.3 Å². The highest BCUT2D eigenvalue weighted by atomic mass is 16.6. The summed E-state index contributed by atoms with van der Waals surface area (Å²) in [6.07, 6.45) is 0. The largest absolute Gasteiger partial charge is 0.490 e. The number of nitro benzene ring substituents is 2. The molecule has 0 heterocycles. The second-order valence-corrected chi connectivity index (χ2v) is 6.63. The maximum atomic E-state index is 12.7. The van der Waals surface area contributed by atoms with Crippen LogP contribution in [0.25, 0.3) is 0 Å². The summed E-state index contributed by atoms with van der Waals surface area (Å²) in [7, 11) is 2.47. The van der Waals surface area contributed by atoms with E-state index in [4.69, 9.17) is 14.2 Å². The van der Waals surface area contributed by atoms with E-state index < -0.39 is 21.7 Å². The van der Waals surface area contributed by atoms with E-state index in [0.717, 1.165) is 12.1 Å². The van der Waals surface area contributed by atoms with Crippen molar-refractivity contribution in [3.8, 4) is 17.2 Å². The fourth-order valence-corrected chi connectivity index (χ4v) is 2.94. The van der Waals surface area contributed by atoms with Crippen LogP contribution in [0.4, 0.5) is 17.1 Å². The van der Waals surface area contributed by atoms with E-state index in [-0.39, 0.29) is 45.4 Å². The SMILES string of the molecule is COc1cc(C(=O)Nc2ccccc2OC(=O)c2ccc([N+](=O)[O-])c(OC)c2)ccc1[N+](=O)[O-]. The third-order valence-corrected chi connectivity index (χ3v) is 4.59. The van der Waals surface area contributed by atoms with Gasteiger partial charge in [0.25, 0.3) is 5.91 Å². The predicted molar refractivity (Wildman–Crippen MR) is 119 cm³/mol. The molecule has 12 nitrogen and oxygen atoms in total. The molecule has 0 saturated carbocycles. The lowest BCUT2D eigenvalue weighted by Gasteiger charge is -2.12. The molecule has 0 aliphatic carbocycles. The van der Waals surface area contributed by atoms with Crippen molar-refractivity contribution in [2.45, 2.75) is 0 Å². The molecule has 12 heteroatoms. The zero-order valence-electron chi connectivity index (χ0n) is 17.8. The Kier molecular flexibility index (Phi) is 7.01. The Morgan fingerprint density at radius 2 is 1.29 bits per heavy atom. The van der Waals surface area contributed by atoms with Crippen LogP contribution in [0.15, 0.2) is 60.7 Å². The number of nitrogens with one attached hydrogen (secondary N) is 1. The number of benzene rings is 3. The number of methoxy groups -OCH3 is 2. The third-order valence-electron chi connectivity index (χ3n) is 4.59. The van der Waals surface area contributed by atoms with Crippen molar-refractivity contribution in [3.63, 3.8) is 0 Å². The first-order valence-corrected chi connectivity index (χ1v) is 9.52. The second-order valence-electron chi connectivity index (χ2n) is 6.63. The Hall–Kier alpha value is -5.00. The van der Waals surface area contributed by atoms with Crippen molar-refractivity contribution in [3.05, 3.63) is 92.0 Å². The summed E-state index contributed by atoms with van der Waals surface area (Å²) in [5.74, 6) is -1.68. The number of esters is 1. The molecular formula is C22H17N3O9. The molecular weight excluding hydrogens is 450 g/mol. The molecule has 1 N–H and O–H groups in total. The lowest BCUT2D eigenvalue weighted by atomic mass is 10.1. The molecule has 3 aromatic carbocycles. The fourth-order valence-electron chi connectivity index (χ4n) is 2.94. The summed E-state index contributed by atoms with van der Waals surface area (Å²) in [5, 5.41) is 24.7. The zero-order valence-corrected chi connectivity index (χ0v) is 17.8. The van der Waals surface area contributed by atoms with Gasteiger partial charge < -0.3 is 19.5 Å². The highest BCUT2D eigenvalue weighted by Crippen LogP contribution is 2.31. The number of carbonyl (C=O) groups is 2. The van der Waals surface area contributed by atoms with Gasteiger partial charge in [-0.15, -0.1) is 0 Å². The average molecular weight is 467 g/mol. The Balaban J connectivity index is 1.83. The van der Waals surface area contributed by atoms with E-state index in [9.17, 15) is 29.8 Å². The van der Waals surface area contributed by atoms with E-state index in [1.54, 1.807) is 12.1 Å². The van der Waals surface area contributed by atoms with E-state index in [1.165, 1.54) is 50.6 Å². The molecule has 0 aromatic heterocycles. The van der Waals surface area contributed by atoms with Gasteiger partial charge in [-0.2, -0.15) is 0 Å². The molecule has 0 aliphatic heterocycles. The molecule has 0 bridgehead atoms. The Labute approximate surface area is 192 Å². The highest BCUT2D eigenvalue weighted by Gasteiger charge is 2.21. The van der Waals surface area contributed by atoms with Gasteiger partial charge in [0, 0.05) is 29.8 Å². The molecule has 34 heavy (non-hydrogen) atoms. The van der Waals surface area contributed by atoms with Gasteiger partial charge in [0.15, 0.2) is 17.2 Å². The van der Waals surface area contributed by atoms with Crippen LogP contribution in [0.1, 0.15) is 20.7 Å². The van der Waals surface area contributed by atoms with Crippen molar-refractivity contribution in [2.24, 2.45) is 0 Å². The molecule has 0 saturated heterocycles. The minimum atomic E-state index is -0.841. The summed E-state index contributed by atoms with van der Waals surface area (Å²) in [6.45, 7) is 0. The molecule has 0 atom stereocenters. The number of rotatable bonds is 8. The first kappa shape index (κ1) is 23.7. The molecule has 3 rings (SSSR count). The summed E-state index contributed by atoms with van der Waals surface area (Å²) >= 11 is 0. The number of nitro groups is 2. The van der Waals surface area contributed by atoms with Crippen molar-refractivity contribution in [1.82, 2.24) is 0 Å². The maximum absolute atomic E-state index is 12.7. The molecule has 0 radical (unpaired) electrons. The zero-order chi connectivity index (χ0) is 24.8. The molecule has 1 amide bonds. The number of para-hydroxylation sites is 2. The predicted octanol–water partition coefficient (Wildman–Crippen LogP) is 3.99. The molecule has 0 fully saturated rings. The van der Waals surface area contributed by atoms with Gasteiger partial charge in [0.1, 0.15) is 0 Å². The Morgan fingerprint density at radius 1 is 0.765 bits per heavy atom. The van der Waals surface area contributed by atoms with Crippen LogP contribution in [0, 0.1) is 20.2 Å². The molecule has 0 aliphatic rings. The molecule has 174 valence electrons. The average Bonchev–Trinajstić information content (AvgIpc) is 2.84. The number of ether oxygens (including phenoxy) is 3. The number of amides is 1. The second kappa shape index (κ2) is 10.1. The van der Waals surface area contributed by atoms with Crippen LogP contribution < -0.4 is 19.5 Å². The van der Waals surface area contributed by atoms with E-state index in [2.05, 4.69) is 5.32 Å². The quantitative estimate of drug-likeness (QED) is 0.223. The number of anilines is 1. The molecule has 0 unspecified atom stereocenters. The lowest BCUT2D eigenvalue weighted by Crippen LogP contribution is -2.15. The van der Waals surface area contributed by atoms with Crippen LogP contribution in [0.5, 0.6) is 17.2 Å². The Morgan fingerprint density at radius 3 is 1.85 bits per heavy atom. The van der Waals surface area contributed by atoms with Gasteiger partial charge in [-0.1, -0.05) is 12.1 Å². The van der Waals surface area contributed by atoms with Crippen LogP contribution in [-0.2, 0) is 0 Å². The third kappa shape index (κ3) is 5.07. The fraction of sp³-hybridized carbons (Fsp3) is 0.0909. The topological polar surface area (TPSA) is 160 Å². The van der Waals surface area contributed by atoms with Gasteiger partial charge in [0.2, 0.25) is 0 Å². The summed E-state index contributed by atoms with van der Waals surface area (Å²) in [4.78, 5) is 46.1. The molecule has 0 spiro atoms. The standard InChI is InChI=1S/C22H17N3O9/c1-32-19-11-13(7-9-16(19)24(28)29)21(26)23-15-5-3-4-6-18(15)34-22(27)14-8-10-17(25(30)31)20(12-14)33-2/h3-12H,1-2H3,(H,23,26). The summed E-state index contributed by atoms with van der Waals surface area (Å²) in [5.41, 5.74) is -0.406. The van der Waals surface area contributed by atoms with Gasteiger partial charge in [-0.3, -0.25) is 25.0 Å². The van der Waals surface area contributed by atoms with Crippen molar-refractivity contribution < 1.29 is 33.6 Å². The van der Waals surface area contributed by atoms with Crippen molar-refractivity contribution in [1.29, 1.82) is 0 Å². The first-order valence-electron chi connectivity index (χ1n) is 9.52. The number of carbonyl (C=O) groups excluding carboxylic acids is 2. The number of hydrogen-bond acceptors (Lipinski definition) is 9. The van der Waals surface area contributed by atoms with Gasteiger partial charge >= 0.3 is 17.3 Å². The van der Waals surface area contributed by atoms with Crippen molar-refractivity contribution >= 4 is 28.9 Å². The first-order chi connectivity index (χ1) is 16.2. The van der Waals surface area contributed by atoms with E-state index in [0.29, 0.717) is 0 Å². The summed E-state index contributed by atoms with van der Waals surface area (Å²) in [6, 6.07) is 13.2. The normalized spacial score (nSPS) is 10.2. The Bertz CT molecular complexity index is 1190. The van der Waals surface area contributed by atoms with Crippen molar-refractivity contribution in [2.75, 3.05) is 19.5 Å². The van der Waals surface area contributed by atoms with Gasteiger partial charge in [-0.05, 0) is 24.3 Å². The van der Waals surface area contributed by atoms with Crippen LogP contribution in [-0.4, -0.2) is 35.9 Å². The lowest BCUT2D eigenvalue weighted by molar-refractivity contribution is -0.385. The maximum Gasteiger partial charge on any atom is 0.343 e. The number of hydrogen-bond donors (Lipinski definition) is 1. The van der Waals surface area contributed by atoms with Gasteiger partial charge in [-0.25, -0.2) is 4.79 Å². The highest BCUT2D eigenvalue weighted by molar-refractivity contribution is 6.06. The van der Waals surface area contributed by atoms with E-state index in [1.807, 2.05) is 0 Å². The summed E-state index contributed by atoms with van der Waals surface area (Å²) < 4.78 is 15.3. The monoisotopic (exact) mass is 467 g/mol. The number of nitrogens with zero attached hydrogens (tertiary/aromatic N) is 2. The van der Waals surface area contributed by atoms with Crippen LogP contribution in [0.3, 0.4) is 0 Å². The van der Waals surface area contributed by atoms with Crippen LogP contribution >= 0.6 is 0 Å². The minimum absolute atomic E-state index is 0.00652. The smallest absolute Gasteiger partial charge is 0.343 e.